The van der Waals surface area contributed by atoms with E-state index in [1.807, 2.05) is 25.1 Å². The van der Waals surface area contributed by atoms with Crippen LogP contribution in [0.5, 0.6) is 0 Å². The van der Waals surface area contributed by atoms with Gasteiger partial charge in [0.15, 0.2) is 0 Å². The predicted molar refractivity (Wildman–Crippen MR) is 102 cm³/mol. The van der Waals surface area contributed by atoms with Crippen molar-refractivity contribution in [2.75, 3.05) is 31.5 Å². The zero-order valence-corrected chi connectivity index (χ0v) is 15.8. The summed E-state index contributed by atoms with van der Waals surface area (Å²) in [5.74, 6) is -0.302. The molecule has 2 aromatic rings. The molecule has 142 valence electrons. The van der Waals surface area contributed by atoms with Gasteiger partial charge >= 0.3 is 0 Å². The maximum Gasteiger partial charge on any atom is 0.255 e. The number of carbonyl (C=O) groups is 2. The third-order valence-corrected chi connectivity index (χ3v) is 6.37. The minimum absolute atomic E-state index is 0.133. The Morgan fingerprint density at radius 1 is 1.04 bits per heavy atom. The Labute approximate surface area is 158 Å². The first kappa shape index (κ1) is 19.1. The number of benzene rings is 2. The third-order valence-electron chi connectivity index (χ3n) is 4.45. The lowest BCUT2D eigenvalue weighted by Gasteiger charge is -2.31. The van der Waals surface area contributed by atoms with Crippen LogP contribution in [0.2, 0.25) is 0 Å². The summed E-state index contributed by atoms with van der Waals surface area (Å²) in [5, 5.41) is 2.79. The summed E-state index contributed by atoms with van der Waals surface area (Å²) in [4.78, 5) is 24.8. The van der Waals surface area contributed by atoms with Crippen molar-refractivity contribution in [2.45, 2.75) is 11.8 Å². The normalized spacial score (nSPS) is 15.4. The van der Waals surface area contributed by atoms with Crippen molar-refractivity contribution in [2.24, 2.45) is 0 Å². The number of carbonyl (C=O) groups excluding carboxylic acids is 2. The van der Waals surface area contributed by atoms with Gasteiger partial charge in [0.2, 0.25) is 16.4 Å². The molecule has 2 amide bonds. The molecule has 2 aromatic carbocycles. The molecule has 0 radical (unpaired) electrons. The molecule has 1 saturated heterocycles. The largest absolute Gasteiger partial charge is 0.343 e. The summed E-state index contributed by atoms with van der Waals surface area (Å²) >= 11 is 0. The molecule has 0 bridgehead atoms. The number of hydrogen-bond donors (Lipinski definition) is 1. The molecular weight excluding hydrogens is 366 g/mol. The number of nitrogens with zero attached hydrogens (tertiary/aromatic N) is 2. The maximum atomic E-state index is 12.7. The van der Waals surface area contributed by atoms with Gasteiger partial charge in [-0.25, -0.2) is 8.42 Å². The number of piperazine rings is 1. The summed E-state index contributed by atoms with van der Waals surface area (Å²) in [6, 6.07) is 13.3. The average molecular weight is 387 g/mol. The Kier molecular flexibility index (Phi) is 5.57. The van der Waals surface area contributed by atoms with Gasteiger partial charge in [-0.05, 0) is 48.9 Å². The first-order valence-corrected chi connectivity index (χ1v) is 10.0. The summed E-state index contributed by atoms with van der Waals surface area (Å²) in [5.41, 5.74) is 2.09. The number of hydrogen-bond acceptors (Lipinski definition) is 4. The van der Waals surface area contributed by atoms with Crippen molar-refractivity contribution in [3.63, 3.8) is 0 Å². The second-order valence-corrected chi connectivity index (χ2v) is 8.33. The zero-order valence-electron chi connectivity index (χ0n) is 15.0. The molecule has 1 aliphatic rings. The highest BCUT2D eigenvalue weighted by molar-refractivity contribution is 7.89. The molecule has 0 aromatic heterocycles. The van der Waals surface area contributed by atoms with Crippen molar-refractivity contribution < 1.29 is 18.0 Å². The predicted octanol–water partition coefficient (Wildman–Crippen LogP) is 1.71. The monoisotopic (exact) mass is 387 g/mol. The number of anilines is 1. The molecule has 8 heteroatoms. The van der Waals surface area contributed by atoms with Crippen LogP contribution < -0.4 is 5.32 Å². The zero-order chi connectivity index (χ0) is 19.4. The quantitative estimate of drug-likeness (QED) is 0.792. The van der Waals surface area contributed by atoms with Gasteiger partial charge in [-0.15, -0.1) is 0 Å². The van der Waals surface area contributed by atoms with Crippen LogP contribution in [0.4, 0.5) is 5.69 Å². The molecule has 0 spiro atoms. The van der Waals surface area contributed by atoms with Crippen LogP contribution in [-0.2, 0) is 14.8 Å². The fourth-order valence-electron chi connectivity index (χ4n) is 2.90. The Balaban J connectivity index is 1.71. The molecular formula is C19H21N3O4S. The van der Waals surface area contributed by atoms with Gasteiger partial charge in [-0.3, -0.25) is 9.59 Å². The summed E-state index contributed by atoms with van der Waals surface area (Å²) < 4.78 is 26.8. The number of aryl methyl sites for hydroxylation is 1. The van der Waals surface area contributed by atoms with E-state index >= 15 is 0 Å². The summed E-state index contributed by atoms with van der Waals surface area (Å²) in [7, 11) is -3.64. The molecule has 1 N–H and O–H groups in total. The minimum atomic E-state index is -3.64. The minimum Gasteiger partial charge on any atom is -0.343 e. The average Bonchev–Trinajstić information content (AvgIpc) is 2.68. The van der Waals surface area contributed by atoms with Crippen LogP contribution in [0, 0.1) is 6.92 Å². The SMILES string of the molecule is Cc1cccc(NC(=O)c2ccc(S(=O)(=O)N3CCN(C=O)CC3)cc2)c1. The van der Waals surface area contributed by atoms with Gasteiger partial charge in [-0.1, -0.05) is 12.1 Å². The van der Waals surface area contributed by atoms with E-state index in [4.69, 9.17) is 0 Å². The van der Waals surface area contributed by atoms with E-state index in [1.165, 1.54) is 28.6 Å². The smallest absolute Gasteiger partial charge is 0.255 e. The van der Waals surface area contributed by atoms with E-state index < -0.39 is 10.0 Å². The lowest BCUT2D eigenvalue weighted by molar-refractivity contribution is -0.119. The van der Waals surface area contributed by atoms with Crippen molar-refractivity contribution in [1.29, 1.82) is 0 Å². The van der Waals surface area contributed by atoms with Crippen molar-refractivity contribution in [3.05, 3.63) is 59.7 Å². The molecule has 0 aliphatic carbocycles. The van der Waals surface area contributed by atoms with Gasteiger partial charge in [0.1, 0.15) is 0 Å². The first-order chi connectivity index (χ1) is 12.9. The van der Waals surface area contributed by atoms with Crippen LogP contribution in [0.1, 0.15) is 15.9 Å². The van der Waals surface area contributed by atoms with Crippen molar-refractivity contribution in [3.8, 4) is 0 Å². The van der Waals surface area contributed by atoms with E-state index in [9.17, 15) is 18.0 Å². The number of sulfonamides is 1. The highest BCUT2D eigenvalue weighted by Crippen LogP contribution is 2.19. The van der Waals surface area contributed by atoms with Crippen LogP contribution in [0.3, 0.4) is 0 Å². The number of amides is 2. The lowest BCUT2D eigenvalue weighted by Crippen LogP contribution is -2.47. The van der Waals surface area contributed by atoms with Gasteiger partial charge in [0, 0.05) is 37.4 Å². The van der Waals surface area contributed by atoms with Gasteiger partial charge in [0.05, 0.1) is 4.90 Å². The topological polar surface area (TPSA) is 86.8 Å². The highest BCUT2D eigenvalue weighted by Gasteiger charge is 2.28. The van der Waals surface area contributed by atoms with E-state index in [2.05, 4.69) is 5.32 Å². The fraction of sp³-hybridized carbons (Fsp3) is 0.263. The number of nitrogens with one attached hydrogen (secondary N) is 1. The molecule has 1 heterocycles. The molecule has 0 unspecified atom stereocenters. The van der Waals surface area contributed by atoms with Crippen molar-refractivity contribution in [1.82, 2.24) is 9.21 Å². The molecule has 7 nitrogen and oxygen atoms in total. The van der Waals surface area contributed by atoms with E-state index in [0.717, 1.165) is 12.0 Å². The van der Waals surface area contributed by atoms with E-state index in [0.29, 0.717) is 24.3 Å². The van der Waals surface area contributed by atoms with Crippen LogP contribution in [0.25, 0.3) is 0 Å². The Bertz CT molecular complexity index is 934. The Hall–Kier alpha value is -2.71. The molecule has 0 atom stereocenters. The summed E-state index contributed by atoms with van der Waals surface area (Å²) in [6.07, 6.45) is 0.728. The summed E-state index contributed by atoms with van der Waals surface area (Å²) in [6.45, 7) is 3.21. The standard InChI is InChI=1S/C19H21N3O4S/c1-15-3-2-4-17(13-15)20-19(24)16-5-7-18(8-6-16)27(25,26)22-11-9-21(14-23)10-12-22/h2-8,13-14H,9-12H2,1H3,(H,20,24). The van der Waals surface area contributed by atoms with Crippen LogP contribution in [-0.4, -0.2) is 56.1 Å². The van der Waals surface area contributed by atoms with E-state index in [1.54, 1.807) is 11.0 Å². The Morgan fingerprint density at radius 3 is 2.30 bits per heavy atom. The van der Waals surface area contributed by atoms with Crippen molar-refractivity contribution >= 4 is 28.0 Å². The second-order valence-electron chi connectivity index (χ2n) is 6.39. The van der Waals surface area contributed by atoms with Gasteiger partial charge in [-0.2, -0.15) is 4.31 Å². The molecule has 1 fully saturated rings. The van der Waals surface area contributed by atoms with Crippen LogP contribution in [0.15, 0.2) is 53.4 Å². The second kappa shape index (κ2) is 7.89. The number of rotatable bonds is 5. The van der Waals surface area contributed by atoms with Gasteiger partial charge < -0.3 is 10.2 Å². The van der Waals surface area contributed by atoms with E-state index in [-0.39, 0.29) is 23.9 Å². The molecule has 3 rings (SSSR count). The van der Waals surface area contributed by atoms with Gasteiger partial charge in [0.25, 0.3) is 5.91 Å². The lowest BCUT2D eigenvalue weighted by atomic mass is 10.2. The third kappa shape index (κ3) is 4.35. The molecule has 1 aliphatic heterocycles. The Morgan fingerprint density at radius 2 is 1.70 bits per heavy atom. The molecule has 27 heavy (non-hydrogen) atoms. The highest BCUT2D eigenvalue weighted by atomic mass is 32.2. The fourth-order valence-corrected chi connectivity index (χ4v) is 4.32. The molecule has 0 saturated carbocycles. The van der Waals surface area contributed by atoms with Crippen LogP contribution >= 0.6 is 0 Å². The maximum absolute atomic E-state index is 12.7. The first-order valence-electron chi connectivity index (χ1n) is 8.58.